The summed E-state index contributed by atoms with van der Waals surface area (Å²) in [5.41, 5.74) is 2.20. The molecule has 1 fully saturated rings. The molecular formula is C29H38N4O7. The maximum atomic E-state index is 11.3. The fourth-order valence-corrected chi connectivity index (χ4v) is 4.36. The van der Waals surface area contributed by atoms with Gasteiger partial charge in [0.25, 0.3) is 0 Å². The van der Waals surface area contributed by atoms with Crippen molar-refractivity contribution in [3.8, 4) is 5.75 Å². The van der Waals surface area contributed by atoms with E-state index in [1.807, 2.05) is 30.3 Å². The van der Waals surface area contributed by atoms with Crippen LogP contribution < -0.4 is 0 Å². The highest BCUT2D eigenvalue weighted by Gasteiger charge is 2.12. The lowest BCUT2D eigenvalue weighted by Gasteiger charge is -2.23. The second-order valence-electron chi connectivity index (χ2n) is 9.47. The lowest BCUT2D eigenvalue weighted by molar-refractivity contribution is 0.00599. The molecule has 2 aromatic heterocycles. The number of benzene rings is 1. The summed E-state index contributed by atoms with van der Waals surface area (Å²) in [4.78, 5) is 24.5. The number of hydrogen-bond donors (Lipinski definition) is 2. The molecule has 2 N–H and O–H groups in total. The van der Waals surface area contributed by atoms with Crippen molar-refractivity contribution in [3.63, 3.8) is 0 Å². The Kier molecular flexibility index (Phi) is 12.0. The van der Waals surface area contributed by atoms with Crippen molar-refractivity contribution in [2.24, 2.45) is 0 Å². The summed E-state index contributed by atoms with van der Waals surface area (Å²) in [7, 11) is 0. The molecule has 1 saturated heterocycles. The van der Waals surface area contributed by atoms with Gasteiger partial charge >= 0.3 is 5.97 Å². The fourth-order valence-electron chi connectivity index (χ4n) is 4.36. The first-order valence-electron chi connectivity index (χ1n) is 13.6. The quantitative estimate of drug-likeness (QED) is 0.483. The zero-order valence-corrected chi connectivity index (χ0v) is 22.7. The minimum atomic E-state index is -1.04. The van der Waals surface area contributed by atoms with Crippen LogP contribution >= 0.6 is 0 Å². The molecule has 1 aliphatic rings. The maximum Gasteiger partial charge on any atom is 0.354 e. The van der Waals surface area contributed by atoms with Crippen molar-refractivity contribution in [1.29, 1.82) is 0 Å². The van der Waals surface area contributed by atoms with Crippen LogP contribution in [0.3, 0.4) is 0 Å². The van der Waals surface area contributed by atoms with Gasteiger partial charge in [-0.05, 0) is 24.3 Å². The smallest absolute Gasteiger partial charge is 0.354 e. The Bertz CT molecular complexity index is 1190. The van der Waals surface area contributed by atoms with Crippen LogP contribution in [0.2, 0.25) is 0 Å². The number of ether oxygens (including phenoxy) is 4. The molecule has 1 aliphatic heterocycles. The van der Waals surface area contributed by atoms with E-state index in [1.165, 1.54) is 6.07 Å². The van der Waals surface area contributed by atoms with E-state index < -0.39 is 5.97 Å². The average molecular weight is 555 g/mol. The van der Waals surface area contributed by atoms with Gasteiger partial charge in [0.05, 0.1) is 64.2 Å². The number of para-hydroxylation sites is 1. The summed E-state index contributed by atoms with van der Waals surface area (Å²) in [6.07, 6.45) is 0. The van der Waals surface area contributed by atoms with Gasteiger partial charge in [-0.3, -0.25) is 9.80 Å². The van der Waals surface area contributed by atoms with Gasteiger partial charge < -0.3 is 29.2 Å². The normalized spacial score (nSPS) is 18.2. The summed E-state index contributed by atoms with van der Waals surface area (Å²) >= 11 is 0. The molecule has 0 radical (unpaired) electrons. The Morgan fingerprint density at radius 2 is 1.20 bits per heavy atom. The van der Waals surface area contributed by atoms with Crippen LogP contribution in [0.1, 0.15) is 21.9 Å². The number of carbonyl (C=O) groups is 1. The van der Waals surface area contributed by atoms with Crippen LogP contribution in [0, 0.1) is 0 Å². The summed E-state index contributed by atoms with van der Waals surface area (Å²) in [6.45, 7) is 7.87. The molecule has 4 rings (SSSR count). The lowest BCUT2D eigenvalue weighted by atomic mass is 10.2. The predicted molar refractivity (Wildman–Crippen MR) is 148 cm³/mol. The molecule has 0 aliphatic carbocycles. The number of phenolic OH excluding ortho intramolecular Hbond substituents is 1. The lowest BCUT2D eigenvalue weighted by Crippen LogP contribution is -2.33. The molecule has 11 heteroatoms. The Labute approximate surface area is 234 Å². The number of pyridine rings is 2. The van der Waals surface area contributed by atoms with Crippen LogP contribution in [0.4, 0.5) is 0 Å². The van der Waals surface area contributed by atoms with Gasteiger partial charge in [0.15, 0.2) is 0 Å². The molecule has 0 spiro atoms. The second-order valence-corrected chi connectivity index (χ2v) is 9.47. The number of hydrogen-bond acceptors (Lipinski definition) is 10. The third-order valence-corrected chi connectivity index (χ3v) is 6.51. The summed E-state index contributed by atoms with van der Waals surface area (Å²) in [5, 5.41) is 20.3. The molecule has 0 bridgehead atoms. The van der Waals surface area contributed by atoms with E-state index in [0.29, 0.717) is 103 Å². The SMILES string of the molecule is O=C(O)c1cccc(CN2CCOCCOCCN(Cc3ccc4cccc(O)c4n3)CCOCCOCC2)n1. The first kappa shape index (κ1) is 29.8. The van der Waals surface area contributed by atoms with Crippen LogP contribution in [-0.4, -0.2) is 115 Å². The van der Waals surface area contributed by atoms with Gasteiger partial charge in [-0.15, -0.1) is 0 Å². The Hall–Kier alpha value is -3.19. The molecule has 0 atom stereocenters. The Balaban J connectivity index is 1.27. The molecule has 3 aromatic rings. The number of aromatic hydroxyl groups is 1. The standard InChI is InChI=1S/C29H38N4O7/c34-27-6-1-3-23-7-8-25(31-28(23)27)22-33-11-15-39-19-17-37-13-9-32(10-14-38-18-20-40-16-12-33)21-24-4-2-5-26(30-24)29(35)36/h1-8,34H,9-22H2,(H,35,36). The minimum Gasteiger partial charge on any atom is -0.506 e. The predicted octanol–water partition coefficient (Wildman–Crippen LogP) is 2.42. The second kappa shape index (κ2) is 16.2. The Morgan fingerprint density at radius 1 is 0.675 bits per heavy atom. The van der Waals surface area contributed by atoms with Crippen molar-refractivity contribution in [1.82, 2.24) is 19.8 Å². The van der Waals surface area contributed by atoms with Gasteiger partial charge in [-0.2, -0.15) is 0 Å². The highest BCUT2D eigenvalue weighted by molar-refractivity contribution is 5.85. The molecular weight excluding hydrogens is 516 g/mol. The van der Waals surface area contributed by atoms with Crippen molar-refractivity contribution in [2.75, 3.05) is 79.0 Å². The summed E-state index contributed by atoms with van der Waals surface area (Å²) in [6, 6.07) is 14.4. The Morgan fingerprint density at radius 3 is 1.75 bits per heavy atom. The fraction of sp³-hybridized carbons (Fsp3) is 0.483. The van der Waals surface area contributed by atoms with E-state index in [2.05, 4.69) is 19.8 Å². The molecule has 40 heavy (non-hydrogen) atoms. The van der Waals surface area contributed by atoms with Gasteiger partial charge in [0.2, 0.25) is 0 Å². The molecule has 216 valence electrons. The van der Waals surface area contributed by atoms with Crippen molar-refractivity contribution in [3.05, 3.63) is 65.6 Å². The topological polar surface area (TPSA) is 127 Å². The van der Waals surface area contributed by atoms with Gasteiger partial charge in [-0.1, -0.05) is 24.3 Å². The minimum absolute atomic E-state index is 0.0343. The first-order valence-corrected chi connectivity index (χ1v) is 13.6. The largest absolute Gasteiger partial charge is 0.506 e. The maximum absolute atomic E-state index is 11.3. The molecule has 11 nitrogen and oxygen atoms in total. The monoisotopic (exact) mass is 554 g/mol. The van der Waals surface area contributed by atoms with Crippen molar-refractivity contribution >= 4 is 16.9 Å². The van der Waals surface area contributed by atoms with E-state index >= 15 is 0 Å². The third-order valence-electron chi connectivity index (χ3n) is 6.51. The van der Waals surface area contributed by atoms with Gasteiger partial charge in [0.1, 0.15) is 17.0 Å². The number of fused-ring (bicyclic) bond motifs is 1. The number of rotatable bonds is 5. The van der Waals surface area contributed by atoms with Crippen LogP contribution in [-0.2, 0) is 32.0 Å². The first-order chi connectivity index (χ1) is 19.6. The highest BCUT2D eigenvalue weighted by Crippen LogP contribution is 2.22. The van der Waals surface area contributed by atoms with E-state index in [0.717, 1.165) is 11.1 Å². The number of phenols is 1. The highest BCUT2D eigenvalue weighted by atomic mass is 16.5. The van der Waals surface area contributed by atoms with Crippen LogP contribution in [0.5, 0.6) is 5.75 Å². The summed E-state index contributed by atoms with van der Waals surface area (Å²) < 4.78 is 23.2. The van der Waals surface area contributed by atoms with Gasteiger partial charge in [0, 0.05) is 44.7 Å². The summed E-state index contributed by atoms with van der Waals surface area (Å²) in [5.74, 6) is -0.861. The van der Waals surface area contributed by atoms with Crippen molar-refractivity contribution < 1.29 is 34.0 Å². The van der Waals surface area contributed by atoms with E-state index in [1.54, 1.807) is 12.1 Å². The molecule has 0 saturated carbocycles. The molecule has 0 amide bonds. The average Bonchev–Trinajstić information content (AvgIpc) is 2.95. The van der Waals surface area contributed by atoms with E-state index in [4.69, 9.17) is 18.9 Å². The zero-order chi connectivity index (χ0) is 28.0. The van der Waals surface area contributed by atoms with E-state index in [9.17, 15) is 15.0 Å². The molecule has 1 aromatic carbocycles. The van der Waals surface area contributed by atoms with Crippen molar-refractivity contribution in [2.45, 2.75) is 13.1 Å². The van der Waals surface area contributed by atoms with E-state index in [-0.39, 0.29) is 11.4 Å². The van der Waals surface area contributed by atoms with Crippen LogP contribution in [0.25, 0.3) is 10.9 Å². The number of aromatic carboxylic acids is 1. The number of carboxylic acids is 1. The van der Waals surface area contributed by atoms with Gasteiger partial charge in [-0.25, -0.2) is 14.8 Å². The van der Waals surface area contributed by atoms with Crippen LogP contribution in [0.15, 0.2) is 48.5 Å². The number of nitrogens with zero attached hydrogens (tertiary/aromatic N) is 4. The third kappa shape index (κ3) is 9.77. The molecule has 3 heterocycles. The number of carboxylic acid groups (broad SMARTS) is 1. The molecule has 0 unspecified atom stereocenters. The zero-order valence-electron chi connectivity index (χ0n) is 22.7. The number of aromatic nitrogens is 2.